The Balaban J connectivity index is 1.67. The Bertz CT molecular complexity index is 822. The van der Waals surface area contributed by atoms with E-state index in [1.165, 1.54) is 6.42 Å². The fraction of sp³-hybridized carbons (Fsp3) is 0.524. The Morgan fingerprint density at radius 3 is 2.81 bits per heavy atom. The Morgan fingerprint density at radius 2 is 2.04 bits per heavy atom. The number of hydrogen-bond acceptors (Lipinski definition) is 4. The zero-order chi connectivity index (χ0) is 18.1. The van der Waals surface area contributed by atoms with E-state index < -0.39 is 0 Å². The molecular formula is C21H26N2O3. The number of piperidine rings is 1. The highest BCUT2D eigenvalue weighted by Crippen LogP contribution is 2.39. The summed E-state index contributed by atoms with van der Waals surface area (Å²) in [4.78, 5) is 20.0. The average Bonchev–Trinajstić information content (AvgIpc) is 2.66. The number of likely N-dealkylation sites (tertiary alicyclic amines) is 1. The maximum atomic E-state index is 13.4. The molecule has 0 unspecified atom stereocenters. The van der Waals surface area contributed by atoms with Gasteiger partial charge in [0.25, 0.3) is 5.91 Å². The first-order chi connectivity index (χ1) is 12.6. The molecule has 1 aromatic carbocycles. The molecular weight excluding hydrogens is 328 g/mol. The lowest BCUT2D eigenvalue weighted by atomic mass is 9.74. The van der Waals surface area contributed by atoms with Crippen LogP contribution in [0.5, 0.6) is 5.75 Å². The number of aromatic nitrogens is 1. The van der Waals surface area contributed by atoms with Gasteiger partial charge < -0.3 is 14.4 Å². The largest absolute Gasteiger partial charge is 0.497 e. The van der Waals surface area contributed by atoms with Crippen molar-refractivity contribution in [3.63, 3.8) is 0 Å². The van der Waals surface area contributed by atoms with Crippen molar-refractivity contribution in [1.29, 1.82) is 0 Å². The highest BCUT2D eigenvalue weighted by Gasteiger charge is 2.38. The number of rotatable bonds is 2. The molecule has 0 bridgehead atoms. The van der Waals surface area contributed by atoms with Crippen LogP contribution in [-0.2, 0) is 4.74 Å². The molecule has 1 spiro atoms. The molecule has 0 aliphatic carbocycles. The van der Waals surface area contributed by atoms with Crippen molar-refractivity contribution in [3.8, 4) is 5.75 Å². The highest BCUT2D eigenvalue weighted by molar-refractivity contribution is 6.06. The van der Waals surface area contributed by atoms with Crippen molar-refractivity contribution in [2.75, 3.05) is 33.4 Å². The minimum atomic E-state index is 0.122. The third-order valence-electron chi connectivity index (χ3n) is 5.88. The van der Waals surface area contributed by atoms with Gasteiger partial charge in [0.1, 0.15) is 5.75 Å². The van der Waals surface area contributed by atoms with Gasteiger partial charge in [-0.05, 0) is 56.2 Å². The SMILES string of the molecule is COc1ccc2c(C(=O)N3CCCC4(CCOCC4)C3)cc(C)nc2c1. The van der Waals surface area contributed by atoms with Gasteiger partial charge in [-0.1, -0.05) is 0 Å². The molecule has 0 N–H and O–H groups in total. The van der Waals surface area contributed by atoms with Crippen LogP contribution in [-0.4, -0.2) is 49.2 Å². The summed E-state index contributed by atoms with van der Waals surface area (Å²) in [6.07, 6.45) is 4.39. The first-order valence-corrected chi connectivity index (χ1v) is 9.43. The zero-order valence-corrected chi connectivity index (χ0v) is 15.6. The molecule has 4 rings (SSSR count). The first-order valence-electron chi connectivity index (χ1n) is 9.43. The van der Waals surface area contributed by atoms with Crippen LogP contribution < -0.4 is 4.74 Å². The normalized spacial score (nSPS) is 19.7. The second-order valence-corrected chi connectivity index (χ2v) is 7.64. The van der Waals surface area contributed by atoms with E-state index in [0.717, 1.165) is 73.5 Å². The Morgan fingerprint density at radius 1 is 1.23 bits per heavy atom. The molecule has 138 valence electrons. The molecule has 3 heterocycles. The fourth-order valence-corrected chi connectivity index (χ4v) is 4.41. The van der Waals surface area contributed by atoms with Gasteiger partial charge >= 0.3 is 0 Å². The van der Waals surface area contributed by atoms with Gasteiger partial charge in [-0.2, -0.15) is 0 Å². The first kappa shape index (κ1) is 17.3. The molecule has 2 aromatic rings. The van der Waals surface area contributed by atoms with Gasteiger partial charge in [0.15, 0.2) is 0 Å². The summed E-state index contributed by atoms with van der Waals surface area (Å²) in [5.74, 6) is 0.879. The lowest BCUT2D eigenvalue weighted by molar-refractivity contribution is -0.0229. The Labute approximate surface area is 154 Å². The van der Waals surface area contributed by atoms with Gasteiger partial charge in [-0.25, -0.2) is 0 Å². The number of carbonyl (C=O) groups is 1. The second kappa shape index (κ2) is 6.88. The smallest absolute Gasteiger partial charge is 0.254 e. The number of amides is 1. The Kier molecular flexibility index (Phi) is 4.57. The zero-order valence-electron chi connectivity index (χ0n) is 15.6. The highest BCUT2D eigenvalue weighted by atomic mass is 16.5. The van der Waals surface area contributed by atoms with Crippen molar-refractivity contribution >= 4 is 16.8 Å². The van der Waals surface area contributed by atoms with Crippen LogP contribution in [0.3, 0.4) is 0 Å². The molecule has 2 aliphatic rings. The van der Waals surface area contributed by atoms with Gasteiger partial charge in [-0.15, -0.1) is 0 Å². The molecule has 2 aliphatic heterocycles. The van der Waals surface area contributed by atoms with Crippen LogP contribution in [0.1, 0.15) is 41.7 Å². The minimum absolute atomic E-state index is 0.122. The predicted molar refractivity (Wildman–Crippen MR) is 101 cm³/mol. The summed E-state index contributed by atoms with van der Waals surface area (Å²) in [6.45, 7) is 5.25. The van der Waals surface area contributed by atoms with Crippen LogP contribution in [0, 0.1) is 12.3 Å². The number of aryl methyl sites for hydroxylation is 1. The standard InChI is InChI=1S/C21H26N2O3/c1-15-12-18(17-5-4-16(25-2)13-19(17)22-15)20(24)23-9-3-6-21(14-23)7-10-26-11-8-21/h4-5,12-13H,3,6-11,14H2,1-2H3. The topological polar surface area (TPSA) is 51.7 Å². The third-order valence-corrected chi connectivity index (χ3v) is 5.88. The van der Waals surface area contributed by atoms with Gasteiger partial charge in [-0.3, -0.25) is 9.78 Å². The molecule has 5 nitrogen and oxygen atoms in total. The summed E-state index contributed by atoms with van der Waals surface area (Å²) < 4.78 is 10.9. The van der Waals surface area contributed by atoms with Crippen molar-refractivity contribution in [3.05, 3.63) is 35.5 Å². The van der Waals surface area contributed by atoms with Crippen molar-refractivity contribution in [2.24, 2.45) is 5.41 Å². The monoisotopic (exact) mass is 354 g/mol. The third kappa shape index (κ3) is 3.16. The summed E-state index contributed by atoms with van der Waals surface area (Å²) in [5.41, 5.74) is 2.66. The number of methoxy groups -OCH3 is 1. The number of hydrogen-bond donors (Lipinski definition) is 0. The van der Waals surface area contributed by atoms with E-state index >= 15 is 0 Å². The molecule has 1 amide bonds. The van der Waals surface area contributed by atoms with E-state index in [2.05, 4.69) is 4.98 Å². The van der Waals surface area contributed by atoms with Crippen molar-refractivity contribution in [2.45, 2.75) is 32.6 Å². The van der Waals surface area contributed by atoms with Crippen LogP contribution in [0.2, 0.25) is 0 Å². The van der Waals surface area contributed by atoms with E-state index in [1.54, 1.807) is 7.11 Å². The van der Waals surface area contributed by atoms with Gasteiger partial charge in [0.05, 0.1) is 18.2 Å². The maximum absolute atomic E-state index is 13.4. The van der Waals surface area contributed by atoms with Gasteiger partial charge in [0, 0.05) is 43.4 Å². The summed E-state index contributed by atoms with van der Waals surface area (Å²) in [5, 5.41) is 0.896. The number of benzene rings is 1. The van der Waals surface area contributed by atoms with E-state index in [4.69, 9.17) is 9.47 Å². The second-order valence-electron chi connectivity index (χ2n) is 7.64. The maximum Gasteiger partial charge on any atom is 0.254 e. The summed E-state index contributed by atoms with van der Waals surface area (Å²) in [7, 11) is 1.64. The summed E-state index contributed by atoms with van der Waals surface area (Å²) >= 11 is 0. The number of carbonyl (C=O) groups excluding carboxylic acids is 1. The average molecular weight is 354 g/mol. The molecule has 1 aromatic heterocycles. The van der Waals surface area contributed by atoms with Crippen LogP contribution >= 0.6 is 0 Å². The van der Waals surface area contributed by atoms with Crippen molar-refractivity contribution < 1.29 is 14.3 Å². The van der Waals surface area contributed by atoms with Crippen LogP contribution in [0.15, 0.2) is 24.3 Å². The van der Waals surface area contributed by atoms with Gasteiger partial charge in [0.2, 0.25) is 0 Å². The van der Waals surface area contributed by atoms with E-state index in [-0.39, 0.29) is 11.3 Å². The van der Waals surface area contributed by atoms with Crippen LogP contribution in [0.25, 0.3) is 10.9 Å². The Hall–Kier alpha value is -2.14. The van der Waals surface area contributed by atoms with Crippen molar-refractivity contribution in [1.82, 2.24) is 9.88 Å². The predicted octanol–water partition coefficient (Wildman–Crippen LogP) is 3.58. The van der Waals surface area contributed by atoms with Crippen LogP contribution in [0.4, 0.5) is 0 Å². The van der Waals surface area contributed by atoms with E-state index in [0.29, 0.717) is 0 Å². The molecule has 5 heteroatoms. The van der Waals surface area contributed by atoms with E-state index in [9.17, 15) is 4.79 Å². The number of nitrogens with zero attached hydrogens (tertiary/aromatic N) is 2. The fourth-order valence-electron chi connectivity index (χ4n) is 4.41. The molecule has 0 saturated carbocycles. The quantitative estimate of drug-likeness (QED) is 0.827. The molecule has 26 heavy (non-hydrogen) atoms. The molecule has 0 atom stereocenters. The number of pyridine rings is 1. The molecule has 0 radical (unpaired) electrons. The number of ether oxygens (including phenoxy) is 2. The van der Waals surface area contributed by atoms with E-state index in [1.807, 2.05) is 36.1 Å². The molecule has 2 fully saturated rings. The minimum Gasteiger partial charge on any atom is -0.497 e. The lowest BCUT2D eigenvalue weighted by Gasteiger charge is -2.45. The lowest BCUT2D eigenvalue weighted by Crippen LogP contribution is -2.48. The molecule has 2 saturated heterocycles. The number of fused-ring (bicyclic) bond motifs is 1. The summed E-state index contributed by atoms with van der Waals surface area (Å²) in [6, 6.07) is 7.66.